The molecule has 0 saturated heterocycles. The molecule has 3 rings (SSSR count). The first kappa shape index (κ1) is 17.4. The smallest absolute Gasteiger partial charge is 0.251 e. The lowest BCUT2D eigenvalue weighted by Gasteiger charge is -2.08. The summed E-state index contributed by atoms with van der Waals surface area (Å²) in [4.78, 5) is 24.5. The second-order valence-electron chi connectivity index (χ2n) is 5.69. The highest BCUT2D eigenvalue weighted by atomic mass is 16.5. The standard InChI is InChI=1S/C22H19NO3/c24-21(17-7-3-1-4-8-17)18-11-13-19(14-12-18)22(25)23-15-16-26-20-9-5-2-6-10-20/h1-14H,15-16H2,(H,23,25). The second-order valence-corrected chi connectivity index (χ2v) is 5.69. The van der Waals surface area contributed by atoms with Gasteiger partial charge in [0.1, 0.15) is 12.4 Å². The van der Waals surface area contributed by atoms with Crippen LogP contribution in [0.2, 0.25) is 0 Å². The molecule has 0 saturated carbocycles. The Balaban J connectivity index is 1.51. The van der Waals surface area contributed by atoms with Crippen molar-refractivity contribution in [2.24, 2.45) is 0 Å². The van der Waals surface area contributed by atoms with E-state index in [1.54, 1.807) is 36.4 Å². The first-order chi connectivity index (χ1) is 12.7. The van der Waals surface area contributed by atoms with Crippen LogP contribution in [0, 0.1) is 0 Å². The quantitative estimate of drug-likeness (QED) is 0.524. The normalized spacial score (nSPS) is 10.2. The van der Waals surface area contributed by atoms with Crippen molar-refractivity contribution in [2.75, 3.05) is 13.2 Å². The van der Waals surface area contributed by atoms with Crippen LogP contribution in [0.25, 0.3) is 0 Å². The van der Waals surface area contributed by atoms with Gasteiger partial charge in [0.05, 0.1) is 6.54 Å². The Morgan fingerprint density at radius 3 is 1.88 bits per heavy atom. The van der Waals surface area contributed by atoms with Gasteiger partial charge in [-0.2, -0.15) is 0 Å². The summed E-state index contributed by atoms with van der Waals surface area (Å²) in [6.45, 7) is 0.790. The zero-order chi connectivity index (χ0) is 18.2. The fourth-order valence-corrected chi connectivity index (χ4v) is 2.48. The van der Waals surface area contributed by atoms with Crippen molar-refractivity contribution in [3.63, 3.8) is 0 Å². The van der Waals surface area contributed by atoms with Crippen molar-refractivity contribution in [3.05, 3.63) is 102 Å². The minimum Gasteiger partial charge on any atom is -0.492 e. The molecule has 1 amide bonds. The summed E-state index contributed by atoms with van der Waals surface area (Å²) in [7, 11) is 0. The van der Waals surface area contributed by atoms with Crippen LogP contribution in [-0.4, -0.2) is 24.8 Å². The van der Waals surface area contributed by atoms with Crippen LogP contribution in [0.15, 0.2) is 84.9 Å². The molecule has 0 radical (unpaired) electrons. The average Bonchev–Trinajstić information content (AvgIpc) is 2.72. The number of rotatable bonds is 7. The molecule has 130 valence electrons. The molecule has 0 spiro atoms. The number of benzene rings is 3. The minimum atomic E-state index is -0.194. The van der Waals surface area contributed by atoms with E-state index in [9.17, 15) is 9.59 Å². The molecule has 4 heteroatoms. The Morgan fingerprint density at radius 1 is 0.692 bits per heavy atom. The Morgan fingerprint density at radius 2 is 1.23 bits per heavy atom. The molecule has 0 atom stereocenters. The van der Waals surface area contributed by atoms with E-state index in [1.165, 1.54) is 0 Å². The molecular weight excluding hydrogens is 326 g/mol. The van der Waals surface area contributed by atoms with E-state index in [-0.39, 0.29) is 11.7 Å². The monoisotopic (exact) mass is 345 g/mol. The Labute approximate surface area is 152 Å². The molecule has 26 heavy (non-hydrogen) atoms. The summed E-state index contributed by atoms with van der Waals surface area (Å²) in [6, 6.07) is 25.2. The van der Waals surface area contributed by atoms with E-state index in [2.05, 4.69) is 5.32 Å². The van der Waals surface area contributed by atoms with Gasteiger partial charge in [0, 0.05) is 16.7 Å². The number of ketones is 1. The van der Waals surface area contributed by atoms with E-state index in [0.717, 1.165) is 5.75 Å². The predicted octanol–water partition coefficient (Wildman–Crippen LogP) is 3.73. The lowest BCUT2D eigenvalue weighted by molar-refractivity contribution is 0.0945. The number of hydrogen-bond acceptors (Lipinski definition) is 3. The van der Waals surface area contributed by atoms with E-state index >= 15 is 0 Å². The highest BCUT2D eigenvalue weighted by Crippen LogP contribution is 2.11. The highest BCUT2D eigenvalue weighted by Gasteiger charge is 2.10. The van der Waals surface area contributed by atoms with Crippen molar-refractivity contribution in [1.29, 1.82) is 0 Å². The van der Waals surface area contributed by atoms with Gasteiger partial charge in [-0.05, 0) is 24.3 Å². The van der Waals surface area contributed by atoms with Crippen molar-refractivity contribution >= 4 is 11.7 Å². The Hall–Kier alpha value is -3.40. The molecule has 3 aromatic rings. The molecule has 0 heterocycles. The predicted molar refractivity (Wildman–Crippen MR) is 101 cm³/mol. The molecule has 0 aromatic heterocycles. The lowest BCUT2D eigenvalue weighted by atomic mass is 10.0. The van der Waals surface area contributed by atoms with Gasteiger partial charge in [0.25, 0.3) is 5.91 Å². The van der Waals surface area contributed by atoms with Gasteiger partial charge >= 0.3 is 0 Å². The van der Waals surface area contributed by atoms with Crippen LogP contribution in [0.3, 0.4) is 0 Å². The van der Waals surface area contributed by atoms with Crippen LogP contribution in [0.4, 0.5) is 0 Å². The summed E-state index contributed by atoms with van der Waals surface area (Å²) >= 11 is 0. The van der Waals surface area contributed by atoms with Gasteiger partial charge in [-0.25, -0.2) is 0 Å². The van der Waals surface area contributed by atoms with Gasteiger partial charge in [-0.1, -0.05) is 60.7 Å². The fraction of sp³-hybridized carbons (Fsp3) is 0.0909. The molecule has 0 bridgehead atoms. The fourth-order valence-electron chi connectivity index (χ4n) is 2.48. The van der Waals surface area contributed by atoms with Gasteiger partial charge in [0.15, 0.2) is 5.78 Å². The molecule has 0 unspecified atom stereocenters. The third-order valence-electron chi connectivity index (χ3n) is 3.84. The van der Waals surface area contributed by atoms with E-state index in [1.807, 2.05) is 48.5 Å². The lowest BCUT2D eigenvalue weighted by Crippen LogP contribution is -2.28. The van der Waals surface area contributed by atoms with Crippen LogP contribution in [0.5, 0.6) is 5.75 Å². The maximum atomic E-state index is 12.4. The number of nitrogens with one attached hydrogen (secondary N) is 1. The number of ether oxygens (including phenoxy) is 1. The maximum absolute atomic E-state index is 12.4. The summed E-state index contributed by atoms with van der Waals surface area (Å²) in [5.41, 5.74) is 1.69. The summed E-state index contributed by atoms with van der Waals surface area (Å²) in [5.74, 6) is 0.514. The molecular formula is C22H19NO3. The van der Waals surface area contributed by atoms with Gasteiger partial charge in [-0.3, -0.25) is 9.59 Å². The van der Waals surface area contributed by atoms with Crippen molar-refractivity contribution in [3.8, 4) is 5.75 Å². The Kier molecular flexibility index (Phi) is 5.78. The minimum absolute atomic E-state index is 0.0613. The molecule has 4 nitrogen and oxygen atoms in total. The third-order valence-corrected chi connectivity index (χ3v) is 3.84. The Bertz CT molecular complexity index is 859. The molecule has 0 aliphatic carbocycles. The van der Waals surface area contributed by atoms with Crippen molar-refractivity contribution in [1.82, 2.24) is 5.32 Å². The zero-order valence-electron chi connectivity index (χ0n) is 14.2. The van der Waals surface area contributed by atoms with Crippen LogP contribution >= 0.6 is 0 Å². The van der Waals surface area contributed by atoms with Gasteiger partial charge < -0.3 is 10.1 Å². The number of carbonyl (C=O) groups excluding carboxylic acids is 2. The second kappa shape index (κ2) is 8.62. The van der Waals surface area contributed by atoms with E-state index in [4.69, 9.17) is 4.74 Å². The topological polar surface area (TPSA) is 55.4 Å². The van der Waals surface area contributed by atoms with Crippen LogP contribution < -0.4 is 10.1 Å². The largest absolute Gasteiger partial charge is 0.492 e. The maximum Gasteiger partial charge on any atom is 0.251 e. The van der Waals surface area contributed by atoms with Crippen molar-refractivity contribution < 1.29 is 14.3 Å². The third kappa shape index (κ3) is 4.57. The molecule has 0 aliphatic heterocycles. The molecule has 1 N–H and O–H groups in total. The summed E-state index contributed by atoms with van der Waals surface area (Å²) in [6.07, 6.45) is 0. The van der Waals surface area contributed by atoms with Gasteiger partial charge in [-0.15, -0.1) is 0 Å². The molecule has 0 aliphatic rings. The summed E-state index contributed by atoms with van der Waals surface area (Å²) < 4.78 is 5.53. The van der Waals surface area contributed by atoms with Crippen molar-refractivity contribution in [2.45, 2.75) is 0 Å². The molecule has 0 fully saturated rings. The molecule has 3 aromatic carbocycles. The number of amides is 1. The van der Waals surface area contributed by atoms with Gasteiger partial charge in [0.2, 0.25) is 0 Å². The zero-order valence-corrected chi connectivity index (χ0v) is 14.2. The summed E-state index contributed by atoms with van der Waals surface area (Å²) in [5, 5.41) is 2.80. The van der Waals surface area contributed by atoms with E-state index in [0.29, 0.717) is 29.8 Å². The number of hydrogen-bond donors (Lipinski definition) is 1. The SMILES string of the molecule is O=C(NCCOc1ccccc1)c1ccc(C(=O)c2ccccc2)cc1. The van der Waals surface area contributed by atoms with Crippen LogP contribution in [-0.2, 0) is 0 Å². The first-order valence-corrected chi connectivity index (χ1v) is 8.40. The number of para-hydroxylation sites is 1. The number of carbonyl (C=O) groups is 2. The van der Waals surface area contributed by atoms with E-state index < -0.39 is 0 Å². The first-order valence-electron chi connectivity index (χ1n) is 8.40. The average molecular weight is 345 g/mol. The van der Waals surface area contributed by atoms with Crippen LogP contribution in [0.1, 0.15) is 26.3 Å². The highest BCUT2D eigenvalue weighted by molar-refractivity contribution is 6.09.